The van der Waals surface area contributed by atoms with Crippen LogP contribution in [-0.2, 0) is 4.74 Å². The molecule has 3 rings (SSSR count). The average molecular weight is 280 g/mol. The van der Waals surface area contributed by atoms with E-state index in [1.54, 1.807) is 0 Å². The van der Waals surface area contributed by atoms with Gasteiger partial charge < -0.3 is 14.5 Å². The molecular weight excluding hydrogens is 248 g/mol. The number of ether oxygens (including phenoxy) is 1. The topological polar surface area (TPSA) is 15.7 Å². The summed E-state index contributed by atoms with van der Waals surface area (Å²) in [5.74, 6) is 0.954. The van der Waals surface area contributed by atoms with Gasteiger partial charge in [0.25, 0.3) is 0 Å². The van der Waals surface area contributed by atoms with Crippen molar-refractivity contribution in [3.63, 3.8) is 0 Å². The molecule has 3 aliphatic rings. The van der Waals surface area contributed by atoms with Gasteiger partial charge in [0.2, 0.25) is 0 Å². The maximum absolute atomic E-state index is 5.40. The van der Waals surface area contributed by atoms with Crippen LogP contribution in [0, 0.1) is 11.3 Å². The van der Waals surface area contributed by atoms with Gasteiger partial charge in [0, 0.05) is 25.1 Å². The molecule has 0 unspecified atom stereocenters. The quantitative estimate of drug-likeness (QED) is 0.770. The van der Waals surface area contributed by atoms with E-state index in [1.807, 2.05) is 7.11 Å². The molecule has 1 aliphatic carbocycles. The first kappa shape index (κ1) is 14.8. The first-order valence-corrected chi connectivity index (χ1v) is 8.66. The van der Waals surface area contributed by atoms with Crippen LogP contribution in [0.5, 0.6) is 0 Å². The van der Waals surface area contributed by atoms with Crippen LogP contribution in [0.4, 0.5) is 0 Å². The van der Waals surface area contributed by atoms with E-state index in [0.717, 1.165) is 18.6 Å². The Labute approximate surface area is 124 Å². The predicted molar refractivity (Wildman–Crippen MR) is 83.0 cm³/mol. The summed E-state index contributed by atoms with van der Waals surface area (Å²) in [7, 11) is 1.85. The number of nitrogens with zero attached hydrogens (tertiary/aromatic N) is 2. The van der Waals surface area contributed by atoms with E-state index in [-0.39, 0.29) is 0 Å². The van der Waals surface area contributed by atoms with E-state index in [4.69, 9.17) is 4.74 Å². The summed E-state index contributed by atoms with van der Waals surface area (Å²) in [5.41, 5.74) is 0.530. The Morgan fingerprint density at radius 3 is 2.20 bits per heavy atom. The van der Waals surface area contributed by atoms with Crippen LogP contribution < -0.4 is 0 Å². The number of hydrogen-bond donors (Lipinski definition) is 0. The summed E-state index contributed by atoms with van der Waals surface area (Å²) < 4.78 is 5.40. The highest BCUT2D eigenvalue weighted by Gasteiger charge is 2.44. The van der Waals surface area contributed by atoms with Gasteiger partial charge in [-0.2, -0.15) is 0 Å². The Bertz CT molecular complexity index is 300. The Kier molecular flexibility index (Phi) is 4.68. The van der Waals surface area contributed by atoms with Crippen LogP contribution in [-0.4, -0.2) is 62.3 Å². The maximum Gasteiger partial charge on any atom is 0.0530 e. The molecule has 3 nitrogen and oxygen atoms in total. The SMILES string of the molecule is COCC1(CN2CCC(N3CCC(C)CC3)CC2)CC1. The van der Waals surface area contributed by atoms with Crippen molar-refractivity contribution >= 4 is 0 Å². The Balaban J connectivity index is 1.41. The molecule has 0 bridgehead atoms. The molecular formula is C17H32N2O. The third-order valence-electron chi connectivity index (χ3n) is 5.86. The van der Waals surface area contributed by atoms with Gasteiger partial charge in [0.05, 0.1) is 6.61 Å². The van der Waals surface area contributed by atoms with Crippen molar-refractivity contribution in [2.75, 3.05) is 46.4 Å². The Morgan fingerprint density at radius 1 is 1.00 bits per heavy atom. The Morgan fingerprint density at radius 2 is 1.65 bits per heavy atom. The molecule has 3 fully saturated rings. The first-order valence-electron chi connectivity index (χ1n) is 8.66. The van der Waals surface area contributed by atoms with Crippen LogP contribution in [0.25, 0.3) is 0 Å². The molecule has 116 valence electrons. The zero-order valence-corrected chi connectivity index (χ0v) is 13.4. The minimum atomic E-state index is 0.530. The minimum absolute atomic E-state index is 0.530. The van der Waals surface area contributed by atoms with Gasteiger partial charge in [-0.15, -0.1) is 0 Å². The normalized spacial score (nSPS) is 29.7. The lowest BCUT2D eigenvalue weighted by atomic mass is 9.94. The van der Waals surface area contributed by atoms with Crippen molar-refractivity contribution in [3.8, 4) is 0 Å². The predicted octanol–water partition coefficient (Wildman–Crippen LogP) is 2.61. The monoisotopic (exact) mass is 280 g/mol. The van der Waals surface area contributed by atoms with E-state index < -0.39 is 0 Å². The summed E-state index contributed by atoms with van der Waals surface area (Å²) in [4.78, 5) is 5.48. The summed E-state index contributed by atoms with van der Waals surface area (Å²) in [6, 6.07) is 0.872. The highest BCUT2D eigenvalue weighted by molar-refractivity contribution is 4.96. The molecule has 3 heteroatoms. The number of piperidine rings is 2. The highest BCUT2D eigenvalue weighted by Crippen LogP contribution is 2.46. The first-order chi connectivity index (χ1) is 9.71. The lowest BCUT2D eigenvalue weighted by molar-refractivity contribution is 0.0580. The zero-order valence-electron chi connectivity index (χ0n) is 13.4. The number of hydrogen-bond acceptors (Lipinski definition) is 3. The number of rotatable bonds is 5. The van der Waals surface area contributed by atoms with E-state index in [1.165, 1.54) is 71.2 Å². The fourth-order valence-corrected chi connectivity index (χ4v) is 4.14. The van der Waals surface area contributed by atoms with Crippen molar-refractivity contribution in [1.29, 1.82) is 0 Å². The van der Waals surface area contributed by atoms with Crippen molar-refractivity contribution in [3.05, 3.63) is 0 Å². The van der Waals surface area contributed by atoms with Gasteiger partial charge in [-0.05, 0) is 70.6 Å². The Hall–Kier alpha value is -0.120. The maximum atomic E-state index is 5.40. The van der Waals surface area contributed by atoms with Crippen molar-refractivity contribution in [1.82, 2.24) is 9.80 Å². The molecule has 2 heterocycles. The second-order valence-corrected chi connectivity index (χ2v) is 7.66. The van der Waals surface area contributed by atoms with Crippen LogP contribution >= 0.6 is 0 Å². The van der Waals surface area contributed by atoms with Gasteiger partial charge >= 0.3 is 0 Å². The molecule has 0 aromatic rings. The molecule has 0 N–H and O–H groups in total. The van der Waals surface area contributed by atoms with Gasteiger partial charge in [0.1, 0.15) is 0 Å². The van der Waals surface area contributed by atoms with Crippen LogP contribution in [0.2, 0.25) is 0 Å². The number of methoxy groups -OCH3 is 1. The zero-order chi connectivity index (χ0) is 14.0. The third kappa shape index (κ3) is 3.55. The standard InChI is InChI=1S/C17H32N2O/c1-15-3-11-19(12-4-15)16-5-9-18(10-6-16)13-17(7-8-17)14-20-2/h15-16H,3-14H2,1-2H3. The van der Waals surface area contributed by atoms with Crippen LogP contribution in [0.15, 0.2) is 0 Å². The van der Waals surface area contributed by atoms with Gasteiger partial charge in [0.15, 0.2) is 0 Å². The molecule has 2 saturated heterocycles. The summed E-state index contributed by atoms with van der Waals surface area (Å²) >= 11 is 0. The fourth-order valence-electron chi connectivity index (χ4n) is 4.14. The number of likely N-dealkylation sites (tertiary alicyclic amines) is 2. The highest BCUT2D eigenvalue weighted by atomic mass is 16.5. The molecule has 0 atom stereocenters. The van der Waals surface area contributed by atoms with Crippen molar-refractivity contribution in [2.24, 2.45) is 11.3 Å². The lowest BCUT2D eigenvalue weighted by Crippen LogP contribution is -2.48. The molecule has 0 spiro atoms. The molecule has 1 saturated carbocycles. The van der Waals surface area contributed by atoms with E-state index in [2.05, 4.69) is 16.7 Å². The van der Waals surface area contributed by atoms with E-state index >= 15 is 0 Å². The molecule has 0 aromatic heterocycles. The summed E-state index contributed by atoms with van der Waals surface area (Å²) in [6.07, 6.45) is 8.36. The van der Waals surface area contributed by atoms with Crippen LogP contribution in [0.3, 0.4) is 0 Å². The van der Waals surface area contributed by atoms with Crippen molar-refractivity contribution in [2.45, 2.75) is 51.5 Å². The third-order valence-corrected chi connectivity index (χ3v) is 5.86. The molecule has 0 amide bonds. The minimum Gasteiger partial charge on any atom is -0.384 e. The lowest BCUT2D eigenvalue weighted by Gasteiger charge is -2.42. The summed E-state index contributed by atoms with van der Waals surface area (Å²) in [6.45, 7) is 9.97. The second-order valence-electron chi connectivity index (χ2n) is 7.66. The van der Waals surface area contributed by atoms with Gasteiger partial charge in [-0.3, -0.25) is 0 Å². The molecule has 2 aliphatic heterocycles. The van der Waals surface area contributed by atoms with Crippen molar-refractivity contribution < 1.29 is 4.74 Å². The van der Waals surface area contributed by atoms with Crippen LogP contribution in [0.1, 0.15) is 45.4 Å². The fraction of sp³-hybridized carbons (Fsp3) is 1.00. The average Bonchev–Trinajstić information content (AvgIpc) is 3.21. The molecule has 0 aromatic carbocycles. The molecule has 20 heavy (non-hydrogen) atoms. The smallest absolute Gasteiger partial charge is 0.0530 e. The van der Waals surface area contributed by atoms with Gasteiger partial charge in [-0.1, -0.05) is 6.92 Å². The van der Waals surface area contributed by atoms with E-state index in [0.29, 0.717) is 5.41 Å². The van der Waals surface area contributed by atoms with Gasteiger partial charge in [-0.25, -0.2) is 0 Å². The van der Waals surface area contributed by atoms with E-state index in [9.17, 15) is 0 Å². The largest absolute Gasteiger partial charge is 0.384 e. The summed E-state index contributed by atoms with van der Waals surface area (Å²) in [5, 5.41) is 0. The second kappa shape index (κ2) is 6.33. The molecule has 0 radical (unpaired) electrons.